The standard InChI is InChI=1S/C8H6F6O4/c1-3(15)2-4-5(16)18-6(17-4,7(9,10)11)8(12,13)14/h4H,2H2,1H3. The Bertz CT molecular complexity index is 357. The van der Waals surface area contributed by atoms with Crippen LogP contribution in [-0.2, 0) is 19.1 Å². The van der Waals surface area contributed by atoms with Crippen LogP contribution in [0.1, 0.15) is 13.3 Å². The zero-order valence-corrected chi connectivity index (χ0v) is 8.69. The number of Topliss-reactive ketones (excluding diaryl/α,β-unsaturated/α-hetero) is 1. The predicted molar refractivity (Wildman–Crippen MR) is 41.1 cm³/mol. The molecular formula is C8H6F6O4. The van der Waals surface area contributed by atoms with E-state index in [1.165, 1.54) is 0 Å². The van der Waals surface area contributed by atoms with Gasteiger partial charge in [0.2, 0.25) is 0 Å². The van der Waals surface area contributed by atoms with Crippen LogP contribution in [0.25, 0.3) is 0 Å². The fraction of sp³-hybridized carbons (Fsp3) is 0.750. The predicted octanol–water partition coefficient (Wildman–Crippen LogP) is 1.73. The highest BCUT2D eigenvalue weighted by molar-refractivity contribution is 5.85. The first-order valence-electron chi connectivity index (χ1n) is 4.44. The highest BCUT2D eigenvalue weighted by Crippen LogP contribution is 2.50. The zero-order valence-electron chi connectivity index (χ0n) is 8.69. The van der Waals surface area contributed by atoms with E-state index in [0.29, 0.717) is 0 Å². The van der Waals surface area contributed by atoms with Crippen LogP contribution in [0.3, 0.4) is 0 Å². The van der Waals surface area contributed by atoms with Gasteiger partial charge in [-0.15, -0.1) is 0 Å². The molecule has 0 amide bonds. The van der Waals surface area contributed by atoms with Crippen molar-refractivity contribution in [1.82, 2.24) is 0 Å². The minimum absolute atomic E-state index is 0.808. The summed E-state index contributed by atoms with van der Waals surface area (Å²) < 4.78 is 81.3. The summed E-state index contributed by atoms with van der Waals surface area (Å²) in [6.07, 6.45) is -15.1. The van der Waals surface area contributed by atoms with Gasteiger partial charge in [0.1, 0.15) is 5.78 Å². The second-order valence-corrected chi connectivity index (χ2v) is 3.55. The van der Waals surface area contributed by atoms with Gasteiger partial charge in [-0.3, -0.25) is 4.79 Å². The van der Waals surface area contributed by atoms with Crippen LogP contribution in [0.4, 0.5) is 26.3 Å². The second kappa shape index (κ2) is 4.11. The maximum absolute atomic E-state index is 12.4. The van der Waals surface area contributed by atoms with Crippen molar-refractivity contribution in [3.63, 3.8) is 0 Å². The zero-order chi connectivity index (χ0) is 14.4. The third kappa shape index (κ3) is 2.28. The van der Waals surface area contributed by atoms with Crippen LogP contribution in [0.2, 0.25) is 0 Å². The molecule has 104 valence electrons. The molecule has 1 fully saturated rings. The van der Waals surface area contributed by atoms with E-state index >= 15 is 0 Å². The third-order valence-electron chi connectivity index (χ3n) is 2.03. The van der Waals surface area contributed by atoms with Crippen molar-refractivity contribution in [3.05, 3.63) is 0 Å². The molecule has 0 bridgehead atoms. The Kier molecular flexibility index (Phi) is 3.36. The van der Waals surface area contributed by atoms with Crippen LogP contribution in [0.5, 0.6) is 0 Å². The second-order valence-electron chi connectivity index (χ2n) is 3.55. The Hall–Kier alpha value is -1.32. The lowest BCUT2D eigenvalue weighted by Gasteiger charge is -2.30. The van der Waals surface area contributed by atoms with Gasteiger partial charge < -0.3 is 9.47 Å². The van der Waals surface area contributed by atoms with Crippen molar-refractivity contribution >= 4 is 11.8 Å². The van der Waals surface area contributed by atoms with Gasteiger partial charge in [-0.2, -0.15) is 26.3 Å². The molecule has 1 rings (SSSR count). The Balaban J connectivity index is 3.12. The summed E-state index contributed by atoms with van der Waals surface area (Å²) in [6, 6.07) is 0. The van der Waals surface area contributed by atoms with Gasteiger partial charge in [-0.1, -0.05) is 0 Å². The summed E-state index contributed by atoms with van der Waals surface area (Å²) in [5.41, 5.74) is 0. The van der Waals surface area contributed by atoms with E-state index in [2.05, 4.69) is 9.47 Å². The molecule has 1 unspecified atom stereocenters. The largest absolute Gasteiger partial charge is 0.465 e. The maximum atomic E-state index is 12.4. The number of rotatable bonds is 2. The van der Waals surface area contributed by atoms with Crippen molar-refractivity contribution < 1.29 is 45.4 Å². The Morgan fingerprint density at radius 2 is 1.67 bits per heavy atom. The number of ether oxygens (including phenoxy) is 2. The number of hydrogen-bond acceptors (Lipinski definition) is 4. The SMILES string of the molecule is CC(=O)CC1OC(C(F)(F)F)(C(F)(F)F)OC1=O. The van der Waals surface area contributed by atoms with E-state index < -0.39 is 42.4 Å². The molecular weight excluding hydrogens is 274 g/mol. The van der Waals surface area contributed by atoms with Crippen LogP contribution >= 0.6 is 0 Å². The molecule has 0 spiro atoms. The van der Waals surface area contributed by atoms with E-state index in [-0.39, 0.29) is 0 Å². The summed E-state index contributed by atoms with van der Waals surface area (Å²) in [5, 5.41) is 0. The first-order valence-corrected chi connectivity index (χ1v) is 4.44. The lowest BCUT2D eigenvalue weighted by Crippen LogP contribution is -2.58. The highest BCUT2D eigenvalue weighted by atomic mass is 19.4. The molecule has 0 aromatic heterocycles. The average molecular weight is 280 g/mol. The van der Waals surface area contributed by atoms with E-state index in [1.807, 2.05) is 0 Å². The Morgan fingerprint density at radius 3 is 1.94 bits per heavy atom. The molecule has 1 atom stereocenters. The summed E-state index contributed by atoms with van der Waals surface area (Å²) in [4.78, 5) is 21.5. The molecule has 18 heavy (non-hydrogen) atoms. The van der Waals surface area contributed by atoms with Crippen molar-refractivity contribution in [2.75, 3.05) is 0 Å². The van der Waals surface area contributed by atoms with Gasteiger partial charge in [0.05, 0.1) is 0 Å². The number of hydrogen-bond donors (Lipinski definition) is 0. The summed E-state index contributed by atoms with van der Waals surface area (Å²) in [5.74, 6) is -7.69. The van der Waals surface area contributed by atoms with Gasteiger partial charge in [-0.25, -0.2) is 4.79 Å². The first kappa shape index (κ1) is 14.7. The molecule has 0 aromatic rings. The average Bonchev–Trinajstić information content (AvgIpc) is 2.41. The normalized spacial score (nSPS) is 23.9. The lowest BCUT2D eigenvalue weighted by atomic mass is 10.2. The van der Waals surface area contributed by atoms with Crippen molar-refractivity contribution in [2.24, 2.45) is 0 Å². The number of cyclic esters (lactones) is 1. The number of halogens is 6. The molecule has 1 heterocycles. The molecule has 0 radical (unpaired) electrons. The van der Waals surface area contributed by atoms with E-state index in [4.69, 9.17) is 0 Å². The molecule has 10 heteroatoms. The molecule has 1 aliphatic heterocycles. The van der Waals surface area contributed by atoms with E-state index in [1.54, 1.807) is 0 Å². The molecule has 1 aliphatic rings. The van der Waals surface area contributed by atoms with Gasteiger partial charge in [0.15, 0.2) is 6.10 Å². The Morgan fingerprint density at radius 1 is 1.22 bits per heavy atom. The lowest BCUT2D eigenvalue weighted by molar-refractivity contribution is -0.439. The molecule has 4 nitrogen and oxygen atoms in total. The number of carbonyl (C=O) groups is 2. The van der Waals surface area contributed by atoms with Crippen molar-refractivity contribution in [1.29, 1.82) is 0 Å². The summed E-state index contributed by atoms with van der Waals surface area (Å²) >= 11 is 0. The topological polar surface area (TPSA) is 52.6 Å². The van der Waals surface area contributed by atoms with Crippen LogP contribution in [-0.4, -0.2) is 36.0 Å². The molecule has 0 aromatic carbocycles. The van der Waals surface area contributed by atoms with E-state index in [9.17, 15) is 35.9 Å². The van der Waals surface area contributed by atoms with E-state index in [0.717, 1.165) is 6.92 Å². The fourth-order valence-corrected chi connectivity index (χ4v) is 1.28. The quantitative estimate of drug-likeness (QED) is 0.571. The van der Waals surface area contributed by atoms with Crippen molar-refractivity contribution in [2.45, 2.75) is 37.6 Å². The summed E-state index contributed by atoms with van der Waals surface area (Å²) in [7, 11) is 0. The molecule has 1 saturated heterocycles. The minimum atomic E-state index is -5.99. The fourth-order valence-electron chi connectivity index (χ4n) is 1.28. The van der Waals surface area contributed by atoms with Gasteiger partial charge in [0, 0.05) is 6.42 Å². The molecule has 0 saturated carbocycles. The number of alkyl halides is 6. The van der Waals surface area contributed by atoms with Gasteiger partial charge >= 0.3 is 24.1 Å². The van der Waals surface area contributed by atoms with Gasteiger partial charge in [0.25, 0.3) is 0 Å². The van der Waals surface area contributed by atoms with Gasteiger partial charge in [-0.05, 0) is 6.92 Å². The monoisotopic (exact) mass is 280 g/mol. The Labute approximate surface area is 95.8 Å². The summed E-state index contributed by atoms with van der Waals surface area (Å²) in [6.45, 7) is 0.887. The van der Waals surface area contributed by atoms with Crippen LogP contribution in [0, 0.1) is 0 Å². The molecule has 0 N–H and O–H groups in total. The minimum Gasteiger partial charge on any atom is -0.414 e. The smallest absolute Gasteiger partial charge is 0.414 e. The van der Waals surface area contributed by atoms with Crippen LogP contribution in [0.15, 0.2) is 0 Å². The first-order chi connectivity index (χ1) is 7.91. The molecule has 0 aliphatic carbocycles. The van der Waals surface area contributed by atoms with Crippen LogP contribution < -0.4 is 0 Å². The number of esters is 1. The number of carbonyl (C=O) groups excluding carboxylic acids is 2. The highest BCUT2D eigenvalue weighted by Gasteiger charge is 2.80. The third-order valence-corrected chi connectivity index (χ3v) is 2.03. The number of ketones is 1. The maximum Gasteiger partial charge on any atom is 0.465 e. The van der Waals surface area contributed by atoms with Crippen molar-refractivity contribution in [3.8, 4) is 0 Å².